The van der Waals surface area contributed by atoms with Gasteiger partial charge < -0.3 is 24.6 Å². The van der Waals surface area contributed by atoms with Gasteiger partial charge in [-0.1, -0.05) is 26.3 Å². The number of unbranched alkanes of at least 4 members (excludes halogenated alkanes) is 1. The van der Waals surface area contributed by atoms with E-state index in [1.54, 1.807) is 32.0 Å². The molecule has 0 aromatic heterocycles. The van der Waals surface area contributed by atoms with Gasteiger partial charge >= 0.3 is 24.1 Å². The third-order valence-corrected chi connectivity index (χ3v) is 7.69. The summed E-state index contributed by atoms with van der Waals surface area (Å²) in [5.74, 6) is -0.149. The molecule has 11 nitrogen and oxygen atoms in total. The second-order valence-corrected chi connectivity index (χ2v) is 10.5. The number of ether oxygens (including phenoxy) is 3. The number of aryl methyl sites for hydroxylation is 1. The summed E-state index contributed by atoms with van der Waals surface area (Å²) in [6.45, 7) is 2.91. The number of amides is 3. The van der Waals surface area contributed by atoms with E-state index in [9.17, 15) is 51.2 Å². The highest BCUT2D eigenvalue weighted by Gasteiger charge is 2.71. The van der Waals surface area contributed by atoms with Crippen molar-refractivity contribution in [2.24, 2.45) is 0 Å². The highest BCUT2D eigenvalue weighted by atomic mass is 19.4. The Morgan fingerprint density at radius 2 is 1.71 bits per heavy atom. The average Bonchev–Trinajstić information content (AvgIpc) is 3.53. The molecule has 1 saturated heterocycles. The van der Waals surface area contributed by atoms with Crippen LogP contribution in [-0.4, -0.2) is 59.2 Å². The smallest absolute Gasteiger partial charge is 0.430 e. The predicted molar refractivity (Wildman–Crippen MR) is 143 cm³/mol. The monoisotopic (exact) mass is 649 g/mol. The SMILES string of the molecule is CCCc1cc(C(O)(C(F)(F)F)C(F)(F)F)cc([N+](=O)[O-])c1OCCCCN1C(=O)NC(CC)(c2ccc3c(c2)OCO3)C1=O. The third-order valence-electron chi connectivity index (χ3n) is 7.69. The number of nitrogens with one attached hydrogen (secondary N) is 1. The molecule has 0 radical (unpaired) electrons. The number of nitro groups is 1. The van der Waals surface area contributed by atoms with E-state index in [0.29, 0.717) is 23.1 Å². The van der Waals surface area contributed by atoms with Crippen LogP contribution in [0.4, 0.5) is 36.8 Å². The molecule has 1 fully saturated rings. The highest BCUT2D eigenvalue weighted by Crippen LogP contribution is 2.52. The minimum atomic E-state index is -6.23. The quantitative estimate of drug-likeness (QED) is 0.0996. The van der Waals surface area contributed by atoms with Crippen molar-refractivity contribution in [3.05, 3.63) is 57.1 Å². The lowest BCUT2D eigenvalue weighted by atomic mass is 9.87. The molecular weight excluding hydrogens is 620 g/mol. The van der Waals surface area contributed by atoms with Gasteiger partial charge in [-0.25, -0.2) is 4.79 Å². The molecule has 0 saturated carbocycles. The van der Waals surface area contributed by atoms with Gasteiger partial charge in [0.15, 0.2) is 17.2 Å². The number of alkyl halides is 6. The van der Waals surface area contributed by atoms with Crippen molar-refractivity contribution in [3.63, 3.8) is 0 Å². The molecule has 2 aromatic rings. The number of hydrogen-bond acceptors (Lipinski definition) is 8. The number of carbonyl (C=O) groups is 2. The van der Waals surface area contributed by atoms with Crippen LogP contribution in [0.5, 0.6) is 17.2 Å². The predicted octanol–water partition coefficient (Wildman–Crippen LogP) is 5.60. The van der Waals surface area contributed by atoms with Crippen LogP contribution in [0.2, 0.25) is 0 Å². The molecule has 246 valence electrons. The Balaban J connectivity index is 1.49. The van der Waals surface area contributed by atoms with E-state index in [1.807, 2.05) is 0 Å². The van der Waals surface area contributed by atoms with Gasteiger partial charge in [-0.15, -0.1) is 0 Å². The summed E-state index contributed by atoms with van der Waals surface area (Å²) in [5, 5.41) is 24.3. The molecule has 3 amide bonds. The maximum atomic E-state index is 13.5. The standard InChI is InChI=1S/C28H29F6N3O8/c1-3-7-16-12-18(26(40,27(29,30)31)28(32,33)34)13-19(37(41)42)22(16)43-11-6-5-10-36-23(38)25(4-2,35-24(36)39)17-8-9-20-21(14-17)45-15-44-20/h8-9,12-14,40H,3-7,10-11,15H2,1-2H3,(H,35,39). The zero-order chi connectivity index (χ0) is 33.4. The normalized spacial score (nSPS) is 18.4. The molecule has 1 atom stereocenters. The van der Waals surface area contributed by atoms with Gasteiger partial charge in [0, 0.05) is 23.7 Å². The Morgan fingerprint density at radius 1 is 1.04 bits per heavy atom. The molecule has 0 bridgehead atoms. The lowest BCUT2D eigenvalue weighted by Crippen LogP contribution is -2.54. The number of hydrogen-bond donors (Lipinski definition) is 2. The minimum Gasteiger partial charge on any atom is -0.487 e. The molecule has 2 heterocycles. The molecule has 45 heavy (non-hydrogen) atoms. The highest BCUT2D eigenvalue weighted by molar-refractivity contribution is 6.07. The zero-order valence-electron chi connectivity index (χ0n) is 24.0. The first kappa shape index (κ1) is 33.6. The minimum absolute atomic E-state index is 0.00315. The van der Waals surface area contributed by atoms with E-state index < -0.39 is 57.4 Å². The van der Waals surface area contributed by atoms with Gasteiger partial charge in [0.2, 0.25) is 6.79 Å². The number of aliphatic hydroxyl groups is 1. The molecule has 1 unspecified atom stereocenters. The molecule has 2 aliphatic rings. The van der Waals surface area contributed by atoms with Gasteiger partial charge in [0.25, 0.3) is 11.5 Å². The maximum absolute atomic E-state index is 13.5. The second kappa shape index (κ2) is 12.3. The summed E-state index contributed by atoms with van der Waals surface area (Å²) in [4.78, 5) is 37.8. The van der Waals surface area contributed by atoms with Gasteiger partial charge in [-0.3, -0.25) is 19.8 Å². The Labute approximate surface area is 252 Å². The molecule has 2 aliphatic heterocycles. The number of rotatable bonds is 12. The Bertz CT molecular complexity index is 1470. The topological polar surface area (TPSA) is 140 Å². The second-order valence-electron chi connectivity index (χ2n) is 10.5. The van der Waals surface area contributed by atoms with Crippen LogP contribution >= 0.6 is 0 Å². The zero-order valence-corrected chi connectivity index (χ0v) is 24.0. The Kier molecular flexibility index (Phi) is 9.15. The van der Waals surface area contributed by atoms with Crippen LogP contribution in [0.1, 0.15) is 56.2 Å². The van der Waals surface area contributed by atoms with E-state index in [1.165, 1.54) is 0 Å². The number of benzene rings is 2. The summed E-state index contributed by atoms with van der Waals surface area (Å²) in [6.07, 6.45) is -12.0. The van der Waals surface area contributed by atoms with Gasteiger partial charge in [-0.2, -0.15) is 26.3 Å². The van der Waals surface area contributed by atoms with Crippen LogP contribution in [-0.2, 0) is 22.4 Å². The van der Waals surface area contributed by atoms with E-state index >= 15 is 0 Å². The Hall–Kier alpha value is -4.28. The average molecular weight is 650 g/mol. The van der Waals surface area contributed by atoms with Crippen LogP contribution in [0.3, 0.4) is 0 Å². The van der Waals surface area contributed by atoms with Crippen LogP contribution in [0.15, 0.2) is 30.3 Å². The lowest BCUT2D eigenvalue weighted by molar-refractivity contribution is -0.387. The van der Waals surface area contributed by atoms with E-state index in [-0.39, 0.29) is 63.7 Å². The molecule has 4 rings (SSSR count). The summed E-state index contributed by atoms with van der Waals surface area (Å²) >= 11 is 0. The van der Waals surface area contributed by atoms with Crippen LogP contribution in [0, 0.1) is 10.1 Å². The largest absolute Gasteiger partial charge is 0.487 e. The van der Waals surface area contributed by atoms with E-state index in [2.05, 4.69) is 5.32 Å². The van der Waals surface area contributed by atoms with Crippen molar-refractivity contribution in [3.8, 4) is 17.2 Å². The van der Waals surface area contributed by atoms with E-state index in [4.69, 9.17) is 14.2 Å². The fourth-order valence-corrected chi connectivity index (χ4v) is 5.30. The number of nitrogens with zero attached hydrogens (tertiary/aromatic N) is 2. The number of nitro benzene ring substituents is 1. The first-order valence-corrected chi connectivity index (χ1v) is 13.9. The van der Waals surface area contributed by atoms with Crippen molar-refractivity contribution in [1.82, 2.24) is 10.2 Å². The molecule has 17 heteroatoms. The molecule has 2 aromatic carbocycles. The van der Waals surface area contributed by atoms with Crippen molar-refractivity contribution in [2.45, 2.75) is 69.4 Å². The van der Waals surface area contributed by atoms with Crippen molar-refractivity contribution < 1.29 is 60.2 Å². The summed E-state index contributed by atoms with van der Waals surface area (Å²) < 4.78 is 97.1. The van der Waals surface area contributed by atoms with Crippen LogP contribution < -0.4 is 19.5 Å². The maximum Gasteiger partial charge on any atom is 0.430 e. The van der Waals surface area contributed by atoms with Crippen molar-refractivity contribution >= 4 is 17.6 Å². The van der Waals surface area contributed by atoms with Crippen molar-refractivity contribution in [1.29, 1.82) is 0 Å². The number of fused-ring (bicyclic) bond motifs is 1. The molecular formula is C28H29F6N3O8. The molecule has 0 aliphatic carbocycles. The van der Waals surface area contributed by atoms with Gasteiger partial charge in [0.1, 0.15) is 5.54 Å². The molecule has 0 spiro atoms. The van der Waals surface area contributed by atoms with Gasteiger partial charge in [0.05, 0.1) is 11.5 Å². The first-order chi connectivity index (χ1) is 21.0. The number of urea groups is 1. The molecule has 2 N–H and O–H groups in total. The summed E-state index contributed by atoms with van der Waals surface area (Å²) in [6, 6.07) is 4.63. The van der Waals surface area contributed by atoms with Gasteiger partial charge in [-0.05, 0) is 49.4 Å². The third kappa shape index (κ3) is 5.92. The number of halogens is 6. The summed E-state index contributed by atoms with van der Waals surface area (Å²) in [7, 11) is 0. The summed E-state index contributed by atoms with van der Waals surface area (Å²) in [5.41, 5.74) is -9.51. The number of carbonyl (C=O) groups excluding carboxylic acids is 2. The van der Waals surface area contributed by atoms with E-state index in [0.717, 1.165) is 4.90 Å². The lowest BCUT2D eigenvalue weighted by Gasteiger charge is -2.33. The number of imide groups is 1. The Morgan fingerprint density at radius 3 is 2.31 bits per heavy atom. The fraction of sp³-hybridized carbons (Fsp3) is 0.500. The fourth-order valence-electron chi connectivity index (χ4n) is 5.30. The van der Waals surface area contributed by atoms with Crippen molar-refractivity contribution in [2.75, 3.05) is 19.9 Å². The van der Waals surface area contributed by atoms with Crippen LogP contribution in [0.25, 0.3) is 0 Å². The first-order valence-electron chi connectivity index (χ1n) is 13.9.